The van der Waals surface area contributed by atoms with E-state index in [4.69, 9.17) is 4.74 Å². The summed E-state index contributed by atoms with van der Waals surface area (Å²) < 4.78 is 46.4. The van der Waals surface area contributed by atoms with Crippen molar-refractivity contribution in [1.82, 2.24) is 14.8 Å². The molecule has 0 aliphatic heterocycles. The maximum atomic E-state index is 13.2. The van der Waals surface area contributed by atoms with Crippen LogP contribution in [0.3, 0.4) is 0 Å². The van der Waals surface area contributed by atoms with Gasteiger partial charge in [0.25, 0.3) is 0 Å². The number of halogens is 3. The Bertz CT molecular complexity index is 986. The van der Waals surface area contributed by atoms with Gasteiger partial charge >= 0.3 is 12.1 Å². The monoisotopic (exact) mass is 387 g/mol. The summed E-state index contributed by atoms with van der Waals surface area (Å²) in [5.74, 6) is -0.903. The highest BCUT2D eigenvalue weighted by Crippen LogP contribution is 2.51. The van der Waals surface area contributed by atoms with Crippen molar-refractivity contribution in [2.75, 3.05) is 0 Å². The van der Waals surface area contributed by atoms with Gasteiger partial charge in [0.05, 0.1) is 11.5 Å². The summed E-state index contributed by atoms with van der Waals surface area (Å²) in [6.45, 7) is 0.0275. The summed E-state index contributed by atoms with van der Waals surface area (Å²) in [6, 6.07) is 10.6. The topological polar surface area (TPSA) is 57.0 Å². The number of ether oxygens (including phenoxy) is 1. The molecule has 0 radical (unpaired) electrons. The van der Waals surface area contributed by atoms with Crippen LogP contribution in [-0.2, 0) is 22.3 Å². The second-order valence-electron chi connectivity index (χ2n) is 6.61. The second-order valence-corrected chi connectivity index (χ2v) is 6.61. The summed E-state index contributed by atoms with van der Waals surface area (Å²) >= 11 is 0. The number of benzene rings is 1. The van der Waals surface area contributed by atoms with Crippen molar-refractivity contribution < 1.29 is 22.7 Å². The molecule has 0 bridgehead atoms. The third-order valence-corrected chi connectivity index (χ3v) is 4.69. The van der Waals surface area contributed by atoms with Gasteiger partial charge in [-0.15, -0.1) is 0 Å². The quantitative estimate of drug-likeness (QED) is 0.618. The first kappa shape index (κ1) is 18.2. The van der Waals surface area contributed by atoms with Crippen LogP contribution in [0, 0.1) is 5.92 Å². The minimum Gasteiger partial charge on any atom is -0.461 e. The van der Waals surface area contributed by atoms with Gasteiger partial charge in [0.15, 0.2) is 5.82 Å². The molecular weight excluding hydrogens is 371 g/mol. The van der Waals surface area contributed by atoms with E-state index in [1.54, 1.807) is 47.5 Å². The Morgan fingerprint density at radius 2 is 2.00 bits per heavy atom. The van der Waals surface area contributed by atoms with E-state index < -0.39 is 29.5 Å². The second kappa shape index (κ2) is 7.10. The van der Waals surface area contributed by atoms with Gasteiger partial charge in [-0.2, -0.15) is 18.3 Å². The van der Waals surface area contributed by atoms with E-state index in [1.165, 1.54) is 12.1 Å². The summed E-state index contributed by atoms with van der Waals surface area (Å²) in [5.41, 5.74) is 0.192. The number of hydrogen-bond acceptors (Lipinski definition) is 4. The fourth-order valence-corrected chi connectivity index (χ4v) is 3.22. The first-order valence-corrected chi connectivity index (χ1v) is 8.71. The summed E-state index contributed by atoms with van der Waals surface area (Å²) in [6.07, 6.45) is 0.874. The average Bonchev–Trinajstić information content (AvgIpc) is 3.30. The van der Waals surface area contributed by atoms with Crippen molar-refractivity contribution in [3.63, 3.8) is 0 Å². The summed E-state index contributed by atoms with van der Waals surface area (Å²) in [5, 5.41) is 4.09. The number of alkyl halides is 3. The molecule has 1 saturated carbocycles. The van der Waals surface area contributed by atoms with Crippen molar-refractivity contribution in [1.29, 1.82) is 0 Å². The lowest BCUT2D eigenvalue weighted by atomic mass is 10.0. The number of esters is 1. The molecule has 2 atom stereocenters. The molecule has 0 amide bonds. The maximum absolute atomic E-state index is 13.2. The molecule has 1 aliphatic rings. The molecule has 8 heteroatoms. The highest BCUT2D eigenvalue weighted by molar-refractivity contribution is 5.77. The number of aromatic nitrogens is 3. The molecule has 0 saturated heterocycles. The van der Waals surface area contributed by atoms with Gasteiger partial charge in [-0.25, -0.2) is 9.67 Å². The highest BCUT2D eigenvalue weighted by atomic mass is 19.4. The molecule has 5 nitrogen and oxygen atoms in total. The van der Waals surface area contributed by atoms with E-state index in [1.807, 2.05) is 0 Å². The molecule has 1 aliphatic carbocycles. The maximum Gasteiger partial charge on any atom is 0.416 e. The van der Waals surface area contributed by atoms with Gasteiger partial charge in [0.1, 0.15) is 6.61 Å². The van der Waals surface area contributed by atoms with Crippen LogP contribution in [0.5, 0.6) is 0 Å². The zero-order valence-corrected chi connectivity index (χ0v) is 14.6. The fourth-order valence-electron chi connectivity index (χ4n) is 3.22. The SMILES string of the molecule is O=C(OCc1ccnc(-n2cccn2)c1)[C@@H]1C[C@@H]1c1ccccc1C(F)(F)F. The van der Waals surface area contributed by atoms with Crippen LogP contribution in [0.1, 0.15) is 29.0 Å². The Hall–Kier alpha value is -3.16. The van der Waals surface area contributed by atoms with Crippen molar-refractivity contribution in [2.24, 2.45) is 5.92 Å². The van der Waals surface area contributed by atoms with Crippen molar-refractivity contribution in [2.45, 2.75) is 25.1 Å². The lowest BCUT2D eigenvalue weighted by Crippen LogP contribution is -2.11. The van der Waals surface area contributed by atoms with E-state index >= 15 is 0 Å². The van der Waals surface area contributed by atoms with Crippen molar-refractivity contribution in [3.05, 3.63) is 77.7 Å². The Morgan fingerprint density at radius 3 is 2.75 bits per heavy atom. The predicted octanol–water partition coefficient (Wildman–Crippen LogP) is 4.13. The number of hydrogen-bond donors (Lipinski definition) is 0. The third kappa shape index (κ3) is 3.76. The van der Waals surface area contributed by atoms with Crippen molar-refractivity contribution >= 4 is 5.97 Å². The number of nitrogens with zero attached hydrogens (tertiary/aromatic N) is 3. The molecule has 144 valence electrons. The Kier molecular flexibility index (Phi) is 4.62. The van der Waals surface area contributed by atoms with Gasteiger partial charge < -0.3 is 4.74 Å². The zero-order valence-electron chi connectivity index (χ0n) is 14.6. The molecule has 2 heterocycles. The van der Waals surface area contributed by atoms with Gasteiger partial charge in [0, 0.05) is 18.6 Å². The number of rotatable bonds is 5. The van der Waals surface area contributed by atoms with Gasteiger partial charge in [-0.1, -0.05) is 18.2 Å². The fraction of sp³-hybridized carbons (Fsp3) is 0.250. The van der Waals surface area contributed by atoms with Crippen LogP contribution in [0.15, 0.2) is 61.1 Å². The molecule has 0 N–H and O–H groups in total. The Labute approximate surface area is 158 Å². The number of carbonyl (C=O) groups is 1. The lowest BCUT2D eigenvalue weighted by molar-refractivity contribution is -0.147. The predicted molar refractivity (Wildman–Crippen MR) is 93.4 cm³/mol. The Balaban J connectivity index is 1.40. The number of pyridine rings is 1. The molecule has 0 unspecified atom stereocenters. The zero-order chi connectivity index (χ0) is 19.7. The van der Waals surface area contributed by atoms with E-state index in [0.29, 0.717) is 12.2 Å². The first-order valence-electron chi connectivity index (χ1n) is 8.71. The molecule has 1 aromatic carbocycles. The van der Waals surface area contributed by atoms with E-state index in [0.717, 1.165) is 11.6 Å². The molecule has 0 spiro atoms. The van der Waals surface area contributed by atoms with Gasteiger partial charge in [-0.3, -0.25) is 4.79 Å². The first-order chi connectivity index (χ1) is 13.4. The van der Waals surface area contributed by atoms with Crippen LogP contribution in [0.2, 0.25) is 0 Å². The minimum atomic E-state index is -4.44. The molecule has 1 fully saturated rings. The normalized spacial score (nSPS) is 18.7. The van der Waals surface area contributed by atoms with Crippen LogP contribution >= 0.6 is 0 Å². The van der Waals surface area contributed by atoms with Crippen LogP contribution in [0.4, 0.5) is 13.2 Å². The molecule has 2 aromatic heterocycles. The lowest BCUT2D eigenvalue weighted by Gasteiger charge is -2.12. The highest BCUT2D eigenvalue weighted by Gasteiger charge is 2.48. The molecular formula is C20H16F3N3O2. The van der Waals surface area contributed by atoms with Crippen LogP contribution < -0.4 is 0 Å². The van der Waals surface area contributed by atoms with Gasteiger partial charge in [-0.05, 0) is 47.7 Å². The van der Waals surface area contributed by atoms with Crippen LogP contribution in [0.25, 0.3) is 5.82 Å². The standard InChI is InChI=1S/C20H16F3N3O2/c21-20(22,23)17-5-2-1-4-14(17)15-11-16(15)19(27)28-12-13-6-8-24-18(10-13)26-9-3-7-25-26/h1-10,15-16H,11-12H2/t15-,16-/m1/s1. The smallest absolute Gasteiger partial charge is 0.416 e. The average molecular weight is 387 g/mol. The van der Waals surface area contributed by atoms with Gasteiger partial charge in [0.2, 0.25) is 0 Å². The van der Waals surface area contributed by atoms with Crippen LogP contribution in [-0.4, -0.2) is 20.7 Å². The minimum absolute atomic E-state index is 0.0275. The summed E-state index contributed by atoms with van der Waals surface area (Å²) in [4.78, 5) is 16.5. The molecule has 3 aromatic rings. The molecule has 28 heavy (non-hydrogen) atoms. The third-order valence-electron chi connectivity index (χ3n) is 4.69. The number of carbonyl (C=O) groups excluding carboxylic acids is 1. The van der Waals surface area contributed by atoms with E-state index in [9.17, 15) is 18.0 Å². The van der Waals surface area contributed by atoms with E-state index in [-0.39, 0.29) is 12.2 Å². The van der Waals surface area contributed by atoms with E-state index in [2.05, 4.69) is 10.1 Å². The largest absolute Gasteiger partial charge is 0.461 e. The molecule has 4 rings (SSSR count). The summed E-state index contributed by atoms with van der Waals surface area (Å²) in [7, 11) is 0. The Morgan fingerprint density at radius 1 is 1.18 bits per heavy atom. The van der Waals surface area contributed by atoms with Crippen molar-refractivity contribution in [3.8, 4) is 5.82 Å².